The lowest BCUT2D eigenvalue weighted by atomic mass is 9.90. The van der Waals surface area contributed by atoms with Crippen molar-refractivity contribution in [2.24, 2.45) is 5.41 Å². The molecule has 0 saturated carbocycles. The van der Waals surface area contributed by atoms with Gasteiger partial charge in [0.1, 0.15) is 0 Å². The standard InChI is InChI=1S/C14H21N3O4/c1-10-11(5-4-6-12(10)17(20)21)16-13(19)15-9-14(2,3)7-8-18/h4-6,18H,7-9H2,1-3H3,(H2,15,16,19). The summed E-state index contributed by atoms with van der Waals surface area (Å²) < 4.78 is 0. The largest absolute Gasteiger partial charge is 0.396 e. The van der Waals surface area contributed by atoms with Gasteiger partial charge < -0.3 is 15.7 Å². The number of nitrogens with zero attached hydrogens (tertiary/aromatic N) is 1. The Morgan fingerprint density at radius 3 is 2.67 bits per heavy atom. The van der Waals surface area contributed by atoms with E-state index in [1.807, 2.05) is 13.8 Å². The van der Waals surface area contributed by atoms with E-state index >= 15 is 0 Å². The van der Waals surface area contributed by atoms with Crippen molar-refractivity contribution >= 4 is 17.4 Å². The fourth-order valence-electron chi connectivity index (χ4n) is 1.83. The number of nitrogens with one attached hydrogen (secondary N) is 2. The quantitative estimate of drug-likeness (QED) is 0.553. The normalized spacial score (nSPS) is 11.0. The lowest BCUT2D eigenvalue weighted by Crippen LogP contribution is -2.37. The molecule has 21 heavy (non-hydrogen) atoms. The molecule has 7 nitrogen and oxygen atoms in total. The number of amides is 2. The molecule has 0 bridgehead atoms. The Hall–Kier alpha value is -2.15. The molecular weight excluding hydrogens is 274 g/mol. The molecule has 1 aromatic carbocycles. The van der Waals surface area contributed by atoms with Crippen molar-refractivity contribution in [3.05, 3.63) is 33.9 Å². The number of carbonyl (C=O) groups is 1. The highest BCUT2D eigenvalue weighted by Gasteiger charge is 2.19. The average molecular weight is 295 g/mol. The van der Waals surface area contributed by atoms with Crippen molar-refractivity contribution in [2.45, 2.75) is 27.2 Å². The second kappa shape index (κ2) is 7.03. The van der Waals surface area contributed by atoms with E-state index in [-0.39, 0.29) is 17.7 Å². The second-order valence-corrected chi connectivity index (χ2v) is 5.65. The molecule has 0 saturated heterocycles. The van der Waals surface area contributed by atoms with Gasteiger partial charge in [-0.1, -0.05) is 19.9 Å². The fraction of sp³-hybridized carbons (Fsp3) is 0.500. The summed E-state index contributed by atoms with van der Waals surface area (Å²) in [6.45, 7) is 5.90. The number of benzene rings is 1. The average Bonchev–Trinajstić information content (AvgIpc) is 2.38. The molecule has 1 rings (SSSR count). The second-order valence-electron chi connectivity index (χ2n) is 5.65. The highest BCUT2D eigenvalue weighted by Crippen LogP contribution is 2.25. The number of hydrogen-bond acceptors (Lipinski definition) is 4. The number of hydrogen-bond donors (Lipinski definition) is 3. The topological polar surface area (TPSA) is 104 Å². The molecule has 0 radical (unpaired) electrons. The molecule has 116 valence electrons. The zero-order chi connectivity index (χ0) is 16.0. The van der Waals surface area contributed by atoms with Crippen LogP contribution in [0.5, 0.6) is 0 Å². The Morgan fingerprint density at radius 1 is 1.43 bits per heavy atom. The third-order valence-electron chi connectivity index (χ3n) is 3.27. The molecule has 0 aliphatic carbocycles. The van der Waals surface area contributed by atoms with Crippen molar-refractivity contribution in [3.8, 4) is 0 Å². The van der Waals surface area contributed by atoms with Crippen LogP contribution in [0.25, 0.3) is 0 Å². The summed E-state index contributed by atoms with van der Waals surface area (Å²) >= 11 is 0. The molecule has 0 heterocycles. The maximum atomic E-state index is 11.8. The Morgan fingerprint density at radius 2 is 2.10 bits per heavy atom. The van der Waals surface area contributed by atoms with Crippen LogP contribution in [0.1, 0.15) is 25.8 Å². The third-order valence-corrected chi connectivity index (χ3v) is 3.27. The van der Waals surface area contributed by atoms with Gasteiger partial charge in [-0.15, -0.1) is 0 Å². The van der Waals surface area contributed by atoms with Gasteiger partial charge in [0.05, 0.1) is 16.2 Å². The maximum Gasteiger partial charge on any atom is 0.319 e. The van der Waals surface area contributed by atoms with E-state index in [1.54, 1.807) is 13.0 Å². The molecule has 0 aliphatic heterocycles. The van der Waals surface area contributed by atoms with Crippen LogP contribution in [0.3, 0.4) is 0 Å². The monoisotopic (exact) mass is 295 g/mol. The first kappa shape index (κ1) is 16.9. The molecule has 3 N–H and O–H groups in total. The van der Waals surface area contributed by atoms with Gasteiger partial charge in [0, 0.05) is 19.2 Å². The summed E-state index contributed by atoms with van der Waals surface area (Å²) in [6, 6.07) is 4.10. The van der Waals surface area contributed by atoms with Crippen LogP contribution in [-0.4, -0.2) is 29.2 Å². The zero-order valence-corrected chi connectivity index (χ0v) is 12.5. The molecule has 0 aromatic heterocycles. The van der Waals surface area contributed by atoms with Crippen LogP contribution in [0, 0.1) is 22.5 Å². The molecule has 7 heteroatoms. The summed E-state index contributed by atoms with van der Waals surface area (Å²) in [5, 5.41) is 25.1. The van der Waals surface area contributed by atoms with Gasteiger partial charge in [-0.25, -0.2) is 4.79 Å². The highest BCUT2D eigenvalue weighted by atomic mass is 16.6. The summed E-state index contributed by atoms with van der Waals surface area (Å²) in [4.78, 5) is 22.2. The van der Waals surface area contributed by atoms with Gasteiger partial charge in [0.25, 0.3) is 5.69 Å². The first-order valence-electron chi connectivity index (χ1n) is 6.66. The lowest BCUT2D eigenvalue weighted by molar-refractivity contribution is -0.385. The molecule has 0 spiro atoms. The summed E-state index contributed by atoms with van der Waals surface area (Å²) in [5.41, 5.74) is 0.562. The molecule has 2 amide bonds. The minimum Gasteiger partial charge on any atom is -0.396 e. The van der Waals surface area contributed by atoms with E-state index < -0.39 is 11.0 Å². The van der Waals surface area contributed by atoms with Crippen molar-refractivity contribution in [3.63, 3.8) is 0 Å². The van der Waals surface area contributed by atoms with Crippen molar-refractivity contribution < 1.29 is 14.8 Å². The van der Waals surface area contributed by atoms with Crippen molar-refractivity contribution in [1.82, 2.24) is 5.32 Å². The minimum atomic E-state index is -0.483. The van der Waals surface area contributed by atoms with Crippen LogP contribution in [0.4, 0.5) is 16.2 Å². The van der Waals surface area contributed by atoms with Crippen LogP contribution >= 0.6 is 0 Å². The molecular formula is C14H21N3O4. The van der Waals surface area contributed by atoms with Gasteiger partial charge in [-0.3, -0.25) is 10.1 Å². The van der Waals surface area contributed by atoms with Gasteiger partial charge in [-0.2, -0.15) is 0 Å². The van der Waals surface area contributed by atoms with E-state index in [4.69, 9.17) is 5.11 Å². The number of anilines is 1. The predicted molar refractivity (Wildman–Crippen MR) is 80.3 cm³/mol. The number of nitro groups is 1. The number of urea groups is 1. The molecule has 0 unspecified atom stereocenters. The number of rotatable bonds is 6. The maximum absolute atomic E-state index is 11.8. The third kappa shape index (κ3) is 5.03. The summed E-state index contributed by atoms with van der Waals surface area (Å²) in [5.74, 6) is 0. The van der Waals surface area contributed by atoms with Crippen molar-refractivity contribution in [2.75, 3.05) is 18.5 Å². The Labute approximate surface area is 123 Å². The first-order valence-corrected chi connectivity index (χ1v) is 6.66. The molecule has 1 aromatic rings. The van der Waals surface area contributed by atoms with Crippen LogP contribution in [0.2, 0.25) is 0 Å². The number of carbonyl (C=O) groups excluding carboxylic acids is 1. The van der Waals surface area contributed by atoms with Gasteiger partial charge in [0.15, 0.2) is 0 Å². The predicted octanol–water partition coefficient (Wildman–Crippen LogP) is 2.43. The lowest BCUT2D eigenvalue weighted by Gasteiger charge is -2.24. The number of aliphatic hydroxyl groups is 1. The van der Waals surface area contributed by atoms with Crippen LogP contribution in [-0.2, 0) is 0 Å². The van der Waals surface area contributed by atoms with E-state index in [0.29, 0.717) is 24.2 Å². The van der Waals surface area contributed by atoms with E-state index in [0.717, 1.165) is 0 Å². The van der Waals surface area contributed by atoms with Crippen LogP contribution in [0.15, 0.2) is 18.2 Å². The minimum absolute atomic E-state index is 0.0339. The fourth-order valence-corrected chi connectivity index (χ4v) is 1.83. The Balaban J connectivity index is 2.68. The summed E-state index contributed by atoms with van der Waals surface area (Å²) in [7, 11) is 0. The van der Waals surface area contributed by atoms with E-state index in [2.05, 4.69) is 10.6 Å². The highest BCUT2D eigenvalue weighted by molar-refractivity contribution is 5.90. The molecule has 0 atom stereocenters. The Kier molecular flexibility index (Phi) is 5.66. The number of aliphatic hydroxyl groups excluding tert-OH is 1. The van der Waals surface area contributed by atoms with Gasteiger partial charge in [0.2, 0.25) is 0 Å². The van der Waals surface area contributed by atoms with E-state index in [1.165, 1.54) is 12.1 Å². The number of nitro benzene ring substituents is 1. The van der Waals surface area contributed by atoms with E-state index in [9.17, 15) is 14.9 Å². The van der Waals surface area contributed by atoms with Crippen molar-refractivity contribution in [1.29, 1.82) is 0 Å². The SMILES string of the molecule is Cc1c(NC(=O)NCC(C)(C)CCO)cccc1[N+](=O)[O-]. The van der Waals surface area contributed by atoms with Crippen LogP contribution < -0.4 is 10.6 Å². The molecule has 0 aliphatic rings. The molecule has 0 fully saturated rings. The smallest absolute Gasteiger partial charge is 0.319 e. The van der Waals surface area contributed by atoms with Gasteiger partial charge in [-0.05, 0) is 24.8 Å². The first-order chi connectivity index (χ1) is 9.76. The van der Waals surface area contributed by atoms with Gasteiger partial charge >= 0.3 is 6.03 Å². The zero-order valence-electron chi connectivity index (χ0n) is 12.5. The summed E-state index contributed by atoms with van der Waals surface area (Å²) in [6.07, 6.45) is 0.573. The Bertz CT molecular complexity index is 529.